The number of amides is 2. The summed E-state index contributed by atoms with van der Waals surface area (Å²) in [7, 11) is 0. The van der Waals surface area contributed by atoms with Gasteiger partial charge >= 0.3 is 0 Å². The maximum absolute atomic E-state index is 12.2. The van der Waals surface area contributed by atoms with Crippen LogP contribution in [-0.2, 0) is 9.59 Å². The SMILES string of the molecule is C/C=C/C=C(\C=C\NCC1=NC=NN(/C=C(\CC)C(N)=O)C1)C(=O)NC1CC1. The molecule has 1 aliphatic carbocycles. The minimum absolute atomic E-state index is 0.0735. The van der Waals surface area contributed by atoms with Crippen molar-refractivity contribution in [1.29, 1.82) is 0 Å². The van der Waals surface area contributed by atoms with Gasteiger partial charge in [-0.3, -0.25) is 14.6 Å². The number of nitrogens with zero attached hydrogens (tertiary/aromatic N) is 3. The van der Waals surface area contributed by atoms with E-state index in [1.807, 2.05) is 26.0 Å². The highest BCUT2D eigenvalue weighted by atomic mass is 16.2. The summed E-state index contributed by atoms with van der Waals surface area (Å²) >= 11 is 0. The number of carbonyl (C=O) groups excluding carboxylic acids is 2. The van der Waals surface area contributed by atoms with Crippen LogP contribution in [0.2, 0.25) is 0 Å². The summed E-state index contributed by atoms with van der Waals surface area (Å²) < 4.78 is 0. The van der Waals surface area contributed by atoms with Gasteiger partial charge in [-0.25, -0.2) is 4.99 Å². The van der Waals surface area contributed by atoms with E-state index in [2.05, 4.69) is 20.7 Å². The molecule has 0 aromatic heterocycles. The summed E-state index contributed by atoms with van der Waals surface area (Å²) in [6.45, 7) is 4.72. The molecule has 0 spiro atoms. The molecule has 28 heavy (non-hydrogen) atoms. The molecule has 1 heterocycles. The fraction of sp³-hybridized carbons (Fsp3) is 0.400. The van der Waals surface area contributed by atoms with E-state index in [1.165, 1.54) is 6.34 Å². The molecule has 8 heteroatoms. The molecule has 0 aromatic carbocycles. The molecule has 4 N–H and O–H groups in total. The van der Waals surface area contributed by atoms with Crippen molar-refractivity contribution in [2.75, 3.05) is 13.1 Å². The van der Waals surface area contributed by atoms with Crippen LogP contribution in [0.1, 0.15) is 33.1 Å². The van der Waals surface area contributed by atoms with Crippen LogP contribution in [0.4, 0.5) is 0 Å². The van der Waals surface area contributed by atoms with Crippen LogP contribution in [-0.4, -0.2) is 48.0 Å². The standard InChI is InChI=1S/C20H28N6O2/c1-3-5-6-16(20(28)25-17-7-8-17)9-10-22-11-18-13-26(24-14-23-18)12-15(4-2)19(21)27/h3,5-6,9-10,12,14,17,22H,4,7-8,11,13H2,1-2H3,(H2,21,27)(H,25,28)/b5-3+,10-9+,15-12+,16-6+. The Balaban J connectivity index is 1.88. The predicted molar refractivity (Wildman–Crippen MR) is 111 cm³/mol. The smallest absolute Gasteiger partial charge is 0.251 e. The Labute approximate surface area is 165 Å². The lowest BCUT2D eigenvalue weighted by Crippen LogP contribution is -2.32. The first kappa shape index (κ1) is 21.1. The average Bonchev–Trinajstić information content (AvgIpc) is 3.49. The quantitative estimate of drug-likeness (QED) is 0.390. The van der Waals surface area contributed by atoms with Crippen LogP contribution in [0.25, 0.3) is 0 Å². The van der Waals surface area contributed by atoms with Crippen molar-refractivity contribution in [1.82, 2.24) is 15.6 Å². The number of hydrazone groups is 1. The summed E-state index contributed by atoms with van der Waals surface area (Å²) in [6.07, 6.45) is 14.7. The lowest BCUT2D eigenvalue weighted by atomic mass is 10.2. The maximum Gasteiger partial charge on any atom is 0.251 e. The number of nitrogens with two attached hydrogens (primary N) is 1. The molecule has 1 saturated carbocycles. The fourth-order valence-electron chi connectivity index (χ4n) is 2.36. The first-order valence-electron chi connectivity index (χ1n) is 9.42. The Hall–Kier alpha value is -3.16. The lowest BCUT2D eigenvalue weighted by Gasteiger charge is -2.19. The highest BCUT2D eigenvalue weighted by Crippen LogP contribution is 2.19. The normalized spacial score (nSPS) is 17.9. The first-order valence-corrected chi connectivity index (χ1v) is 9.42. The van der Waals surface area contributed by atoms with Gasteiger partial charge in [0.1, 0.15) is 6.34 Å². The van der Waals surface area contributed by atoms with Crippen LogP contribution in [0.3, 0.4) is 0 Å². The molecule has 8 nitrogen and oxygen atoms in total. The molecule has 2 aliphatic rings. The van der Waals surface area contributed by atoms with Gasteiger partial charge in [0.2, 0.25) is 5.91 Å². The number of hydrogen-bond acceptors (Lipinski definition) is 6. The molecule has 2 rings (SSSR count). The molecule has 1 aliphatic heterocycles. The molecule has 0 atom stereocenters. The van der Waals surface area contributed by atoms with E-state index in [4.69, 9.17) is 5.73 Å². The molecule has 2 amide bonds. The molecule has 0 aromatic rings. The maximum atomic E-state index is 12.2. The summed E-state index contributed by atoms with van der Waals surface area (Å²) in [5.41, 5.74) is 7.28. The third kappa shape index (κ3) is 7.22. The Morgan fingerprint density at radius 2 is 2.18 bits per heavy atom. The minimum atomic E-state index is -0.451. The molecule has 0 unspecified atom stereocenters. The van der Waals surface area contributed by atoms with Crippen LogP contribution in [0.15, 0.2) is 57.9 Å². The molecule has 150 valence electrons. The van der Waals surface area contributed by atoms with E-state index >= 15 is 0 Å². The second-order valence-electron chi connectivity index (χ2n) is 6.51. The highest BCUT2D eigenvalue weighted by Gasteiger charge is 2.23. The summed E-state index contributed by atoms with van der Waals surface area (Å²) in [6, 6.07) is 0.311. The van der Waals surface area contributed by atoms with Gasteiger partial charge in [-0.15, -0.1) is 0 Å². The van der Waals surface area contributed by atoms with Gasteiger partial charge in [-0.1, -0.05) is 19.1 Å². The first-order chi connectivity index (χ1) is 13.5. The summed E-state index contributed by atoms with van der Waals surface area (Å²) in [4.78, 5) is 27.8. The number of allylic oxidation sites excluding steroid dienone is 3. The molecule has 1 fully saturated rings. The molecule has 0 radical (unpaired) electrons. The number of carbonyl (C=O) groups is 2. The third-order valence-electron chi connectivity index (χ3n) is 4.12. The van der Waals surface area contributed by atoms with Crippen molar-refractivity contribution < 1.29 is 9.59 Å². The molecule has 0 saturated heterocycles. The summed E-state index contributed by atoms with van der Waals surface area (Å²) in [5.74, 6) is -0.525. The average molecular weight is 384 g/mol. The van der Waals surface area contributed by atoms with Crippen molar-refractivity contribution in [2.45, 2.75) is 39.2 Å². The minimum Gasteiger partial charge on any atom is -0.385 e. The predicted octanol–water partition coefficient (Wildman–Crippen LogP) is 1.35. The van der Waals surface area contributed by atoms with E-state index < -0.39 is 5.91 Å². The van der Waals surface area contributed by atoms with E-state index in [-0.39, 0.29) is 5.91 Å². The Bertz CT molecular complexity index is 757. The Morgan fingerprint density at radius 3 is 2.82 bits per heavy atom. The van der Waals surface area contributed by atoms with Gasteiger partial charge in [-0.2, -0.15) is 5.10 Å². The van der Waals surface area contributed by atoms with Crippen LogP contribution >= 0.6 is 0 Å². The van der Waals surface area contributed by atoms with Gasteiger partial charge in [-0.05, 0) is 44.5 Å². The van der Waals surface area contributed by atoms with Crippen molar-refractivity contribution in [2.24, 2.45) is 15.8 Å². The lowest BCUT2D eigenvalue weighted by molar-refractivity contribution is -0.117. The van der Waals surface area contributed by atoms with Crippen molar-refractivity contribution in [3.05, 3.63) is 47.9 Å². The van der Waals surface area contributed by atoms with Gasteiger partial charge in [0.15, 0.2) is 0 Å². The highest BCUT2D eigenvalue weighted by molar-refractivity contribution is 5.97. The van der Waals surface area contributed by atoms with E-state index in [9.17, 15) is 9.59 Å². The number of rotatable bonds is 10. The number of hydrogen-bond donors (Lipinski definition) is 3. The van der Waals surface area contributed by atoms with Gasteiger partial charge in [0.05, 0.1) is 18.8 Å². The van der Waals surface area contributed by atoms with E-state index in [0.29, 0.717) is 36.7 Å². The topological polar surface area (TPSA) is 112 Å². The van der Waals surface area contributed by atoms with Crippen molar-refractivity contribution in [3.63, 3.8) is 0 Å². The molecular weight excluding hydrogens is 356 g/mol. The summed E-state index contributed by atoms with van der Waals surface area (Å²) in [5, 5.41) is 11.9. The monoisotopic (exact) mass is 384 g/mol. The zero-order valence-electron chi connectivity index (χ0n) is 16.4. The third-order valence-corrected chi connectivity index (χ3v) is 4.12. The molecular formula is C20H28N6O2. The van der Waals surface area contributed by atoms with E-state index in [0.717, 1.165) is 18.6 Å². The zero-order chi connectivity index (χ0) is 20.4. The van der Waals surface area contributed by atoms with Crippen molar-refractivity contribution in [3.8, 4) is 0 Å². The zero-order valence-corrected chi connectivity index (χ0v) is 16.4. The van der Waals surface area contributed by atoms with E-state index in [1.54, 1.807) is 29.6 Å². The Morgan fingerprint density at radius 1 is 1.39 bits per heavy atom. The van der Waals surface area contributed by atoms with Gasteiger partial charge in [0, 0.05) is 23.4 Å². The number of aliphatic imine (C=N–C) groups is 1. The second-order valence-corrected chi connectivity index (χ2v) is 6.51. The fourth-order valence-corrected chi connectivity index (χ4v) is 2.36. The van der Waals surface area contributed by atoms with Gasteiger partial charge < -0.3 is 16.4 Å². The largest absolute Gasteiger partial charge is 0.385 e. The van der Waals surface area contributed by atoms with Crippen LogP contribution in [0, 0.1) is 0 Å². The van der Waals surface area contributed by atoms with Crippen LogP contribution < -0.4 is 16.4 Å². The molecule has 0 bridgehead atoms. The van der Waals surface area contributed by atoms with Crippen molar-refractivity contribution >= 4 is 23.9 Å². The van der Waals surface area contributed by atoms with Crippen LogP contribution in [0.5, 0.6) is 0 Å². The second kappa shape index (κ2) is 10.9. The Kier molecular flexibility index (Phi) is 8.20. The van der Waals surface area contributed by atoms with Gasteiger partial charge in [0.25, 0.3) is 5.91 Å². The number of primary amides is 1. The number of nitrogens with one attached hydrogen (secondary N) is 2.